The van der Waals surface area contributed by atoms with Gasteiger partial charge >= 0.3 is 0 Å². The second-order valence-corrected chi connectivity index (χ2v) is 23.5. The van der Waals surface area contributed by atoms with E-state index in [1.165, 1.54) is 87.1 Å². The van der Waals surface area contributed by atoms with Crippen molar-refractivity contribution in [3.63, 3.8) is 0 Å². The van der Waals surface area contributed by atoms with Gasteiger partial charge in [-0.15, -0.1) is 0 Å². The van der Waals surface area contributed by atoms with Crippen molar-refractivity contribution in [3.8, 4) is 0 Å². The van der Waals surface area contributed by atoms with E-state index >= 15 is 0 Å². The van der Waals surface area contributed by atoms with Crippen molar-refractivity contribution in [2.24, 2.45) is 23.7 Å². The Morgan fingerprint density at radius 1 is 0.265 bits per heavy atom. The Labute approximate surface area is 391 Å². The van der Waals surface area contributed by atoms with Crippen molar-refractivity contribution < 1.29 is 19.2 Å². The average Bonchev–Trinajstić information content (AvgIpc) is 3.87. The van der Waals surface area contributed by atoms with Gasteiger partial charge in [0.15, 0.2) is 23.1 Å². The molecule has 8 bridgehead atoms. The summed E-state index contributed by atoms with van der Waals surface area (Å²) in [4.78, 5) is 57.9. The minimum absolute atomic E-state index is 0.0937. The van der Waals surface area contributed by atoms with Crippen LogP contribution < -0.4 is 0 Å². The van der Waals surface area contributed by atoms with Crippen molar-refractivity contribution in [1.82, 2.24) is 8.80 Å². The van der Waals surface area contributed by atoms with Crippen LogP contribution in [0.15, 0.2) is 60.7 Å². The van der Waals surface area contributed by atoms with E-state index in [4.69, 9.17) is 0 Å². The molecule has 10 aromatic rings. The predicted molar refractivity (Wildman–Crippen MR) is 269 cm³/mol. The van der Waals surface area contributed by atoms with Gasteiger partial charge in [-0.1, -0.05) is 0 Å². The predicted octanol–water partition coefficient (Wildman–Crippen LogP) is 15.0. The fraction of sp³-hybridized carbons (Fsp3) is 0.387. The Kier molecular flexibility index (Phi) is 6.59. The lowest BCUT2D eigenvalue weighted by atomic mass is 9.82. The van der Waals surface area contributed by atoms with Gasteiger partial charge in [0.25, 0.3) is 0 Å². The molecule has 4 saturated carbocycles. The van der Waals surface area contributed by atoms with Gasteiger partial charge in [0.05, 0.1) is 33.1 Å². The van der Waals surface area contributed by atoms with Gasteiger partial charge in [0.2, 0.25) is 0 Å². The molecule has 6 nitrogen and oxygen atoms in total. The number of hydrogen-bond acceptors (Lipinski definition) is 4. The van der Waals surface area contributed by atoms with Crippen LogP contribution in [0.2, 0.25) is 0 Å². The molecule has 0 aliphatic heterocycles. The Bertz CT molecular complexity index is 3840. The zero-order chi connectivity index (χ0) is 44.3. The van der Waals surface area contributed by atoms with Gasteiger partial charge < -0.3 is 8.80 Å². The Morgan fingerprint density at radius 2 is 0.515 bits per heavy atom. The standard InChI is InChI=1S/C62H50N2O4/c65-59-31-9-1-27(2-10-31)35-17-39-43-21-41-42(55-49-19-37-29-5-13-33(14-6-29)61(67)47(37)25-53(49)63(57(43)55)51(39)23-45(35)59)22-44-40-18-36-28-3-11-32(12-4-28)60(66)46(36)24-52(40)64-54-26-48-38(20-50(54)56(41)58(44)64)30-7-15-34(16-8-30)62(48)68/h17-34H,1-16H2. The summed E-state index contributed by atoms with van der Waals surface area (Å²) in [6.45, 7) is 0. The van der Waals surface area contributed by atoms with Crippen LogP contribution in [0.4, 0.5) is 0 Å². The molecule has 0 N–H and O–H groups in total. The number of nitrogens with zero attached hydrogens (tertiary/aromatic N) is 2. The maximum absolute atomic E-state index is 14.5. The molecule has 12 aliphatic rings. The number of aromatic nitrogens is 2. The van der Waals surface area contributed by atoms with E-state index in [9.17, 15) is 19.2 Å². The highest BCUT2D eigenvalue weighted by Gasteiger charge is 2.41. The highest BCUT2D eigenvalue weighted by molar-refractivity contribution is 6.40. The Hall–Kier alpha value is -6.14. The van der Waals surface area contributed by atoms with E-state index in [1.807, 2.05) is 0 Å². The molecular formula is C62H50N2O4. The van der Waals surface area contributed by atoms with E-state index in [0.717, 1.165) is 147 Å². The number of carbonyl (C=O) groups is 4. The maximum Gasteiger partial charge on any atom is 0.166 e. The molecule has 6 aromatic carbocycles. The first-order chi connectivity index (χ1) is 33.3. The number of Topliss-reactive ketones (excluding diaryl/α,β-unsaturated/α-hetero) is 4. The van der Waals surface area contributed by atoms with Crippen LogP contribution in [0, 0.1) is 23.7 Å². The van der Waals surface area contributed by atoms with Gasteiger partial charge in [-0.2, -0.15) is 0 Å². The summed E-state index contributed by atoms with van der Waals surface area (Å²) in [5.41, 5.74) is 15.2. The monoisotopic (exact) mass is 886 g/mol. The second-order valence-electron chi connectivity index (χ2n) is 23.5. The van der Waals surface area contributed by atoms with E-state index in [0.29, 0.717) is 46.8 Å². The summed E-state index contributed by atoms with van der Waals surface area (Å²) >= 11 is 0. The minimum Gasteiger partial charge on any atom is -0.308 e. The third-order valence-corrected chi connectivity index (χ3v) is 20.8. The van der Waals surface area contributed by atoms with Crippen molar-refractivity contribution in [2.75, 3.05) is 0 Å². The Morgan fingerprint density at radius 3 is 0.809 bits per heavy atom. The SMILES string of the molecule is O=C1c2cc3c(cc2C2CCC1CC2)c1cc2c(cc4c5cc6c(cc5n5c7cc8c(cc7c2c45)C2CCC(CC2)C8=O)C(=O)C2CCC6CC2)c2c4cc5c(cc4n3c12)C(=O)C1CCC5CC1. The van der Waals surface area contributed by atoms with Crippen LogP contribution in [0.5, 0.6) is 0 Å². The molecule has 0 unspecified atom stereocenters. The third-order valence-electron chi connectivity index (χ3n) is 20.8. The zero-order valence-electron chi connectivity index (χ0n) is 38.2. The van der Waals surface area contributed by atoms with Crippen molar-refractivity contribution in [3.05, 3.63) is 105 Å². The Balaban J connectivity index is 1.06. The molecule has 6 heteroatoms. The topological polar surface area (TPSA) is 77.1 Å². The van der Waals surface area contributed by atoms with Crippen molar-refractivity contribution in [2.45, 2.75) is 126 Å². The molecule has 22 rings (SSSR count). The lowest BCUT2D eigenvalue weighted by molar-refractivity contribution is 0.0891. The van der Waals surface area contributed by atoms with Crippen LogP contribution >= 0.6 is 0 Å². The molecule has 4 fully saturated rings. The lowest BCUT2D eigenvalue weighted by Gasteiger charge is -2.22. The van der Waals surface area contributed by atoms with Crippen molar-refractivity contribution in [1.29, 1.82) is 0 Å². The number of benzene rings is 6. The summed E-state index contributed by atoms with van der Waals surface area (Å²) in [5, 5.41) is 12.1. The lowest BCUT2D eigenvalue weighted by Crippen LogP contribution is -2.15. The molecule has 0 saturated heterocycles. The van der Waals surface area contributed by atoms with Crippen molar-refractivity contribution >= 4 is 110 Å². The number of carbonyl (C=O) groups excluding carboxylic acids is 4. The van der Waals surface area contributed by atoms with Crippen LogP contribution in [0.25, 0.3) is 87.0 Å². The quantitative estimate of drug-likeness (QED) is 0.152. The molecule has 4 aromatic heterocycles. The van der Waals surface area contributed by atoms with Gasteiger partial charge in [-0.3, -0.25) is 19.2 Å². The number of rotatable bonds is 0. The fourth-order valence-corrected chi connectivity index (χ4v) is 17.4. The zero-order valence-corrected chi connectivity index (χ0v) is 38.2. The van der Waals surface area contributed by atoms with Crippen LogP contribution in [0.1, 0.15) is 190 Å². The smallest absolute Gasteiger partial charge is 0.166 e. The second kappa shape index (κ2) is 12.2. The average molecular weight is 887 g/mol. The summed E-state index contributed by atoms with van der Waals surface area (Å²) in [6.07, 6.45) is 16.2. The highest BCUT2D eigenvalue weighted by atomic mass is 16.1. The first-order valence-corrected chi connectivity index (χ1v) is 26.5. The van der Waals surface area contributed by atoms with Crippen LogP contribution in [-0.4, -0.2) is 31.9 Å². The molecule has 0 radical (unpaired) electrons. The third kappa shape index (κ3) is 4.21. The van der Waals surface area contributed by atoms with Crippen LogP contribution in [-0.2, 0) is 0 Å². The van der Waals surface area contributed by atoms with Crippen LogP contribution in [0.3, 0.4) is 0 Å². The van der Waals surface area contributed by atoms with Gasteiger partial charge in [0, 0.05) is 89.0 Å². The molecule has 0 spiro atoms. The molecular weight excluding hydrogens is 837 g/mol. The number of hydrogen-bond donors (Lipinski definition) is 0. The van der Waals surface area contributed by atoms with E-state index in [-0.39, 0.29) is 23.7 Å². The normalized spacial score (nSPS) is 28.6. The first-order valence-electron chi connectivity index (χ1n) is 26.5. The molecule has 332 valence electrons. The molecule has 0 atom stereocenters. The van der Waals surface area contributed by atoms with Gasteiger partial charge in [0.1, 0.15) is 0 Å². The molecule has 4 heterocycles. The molecule has 12 aliphatic carbocycles. The maximum atomic E-state index is 14.5. The summed E-state index contributed by atoms with van der Waals surface area (Å²) in [6, 6.07) is 23.8. The van der Waals surface area contributed by atoms with Gasteiger partial charge in [-0.05, 0) is 220 Å². The summed E-state index contributed by atoms with van der Waals surface area (Å²) in [5.74, 6) is 3.17. The molecule has 68 heavy (non-hydrogen) atoms. The summed E-state index contributed by atoms with van der Waals surface area (Å²) < 4.78 is 4.92. The van der Waals surface area contributed by atoms with Gasteiger partial charge in [-0.25, -0.2) is 0 Å². The van der Waals surface area contributed by atoms with E-state index < -0.39 is 0 Å². The highest BCUT2D eigenvalue weighted by Crippen LogP contribution is 2.55. The first kappa shape index (κ1) is 36.8. The van der Waals surface area contributed by atoms with E-state index in [1.54, 1.807) is 0 Å². The minimum atomic E-state index is 0.0937. The largest absolute Gasteiger partial charge is 0.308 e. The molecule has 0 amide bonds. The fourth-order valence-electron chi connectivity index (χ4n) is 17.4. The van der Waals surface area contributed by atoms with E-state index in [2.05, 4.69) is 69.5 Å². The summed E-state index contributed by atoms with van der Waals surface area (Å²) in [7, 11) is 0. The number of ketones is 4. The number of fused-ring (bicyclic) bond motifs is 23.